The Hall–Kier alpha value is -2.50. The highest BCUT2D eigenvalue weighted by Crippen LogP contribution is 2.47. The molecule has 0 bridgehead atoms. The summed E-state index contributed by atoms with van der Waals surface area (Å²) in [6, 6.07) is 4.74. The van der Waals surface area contributed by atoms with E-state index < -0.39 is 17.7 Å². The fraction of sp³-hybridized carbons (Fsp3) is 0.524. The molecule has 0 saturated heterocycles. The molecule has 2 aliphatic rings. The molecule has 1 N–H and O–H groups in total. The molecule has 3 rings (SSSR count). The zero-order valence-corrected chi connectivity index (χ0v) is 16.3. The van der Waals surface area contributed by atoms with Crippen LogP contribution in [0.25, 0.3) is 0 Å². The second kappa shape index (κ2) is 7.62. The number of aliphatic hydroxyl groups excluding tert-OH is 1. The van der Waals surface area contributed by atoms with Gasteiger partial charge in [0, 0.05) is 17.5 Å². The van der Waals surface area contributed by atoms with Gasteiger partial charge in [0.2, 0.25) is 0 Å². The summed E-state index contributed by atoms with van der Waals surface area (Å²) in [6.07, 6.45) is 3.80. The molecule has 1 aromatic carbocycles. The Morgan fingerprint density at radius 3 is 2.41 bits per heavy atom. The molecule has 1 aliphatic carbocycles. The standard InChI is InChI=1S/C21H27NO5/c1-12(2)18(23)16-17(14-10-7-11-15(26-3)20(14)27-4)22(21(25)19(16)24)13-8-5-6-9-13/h7,10-13,17,24H,5-6,8-9H2,1-4H3. The van der Waals surface area contributed by atoms with Crippen LogP contribution in [-0.4, -0.2) is 42.0 Å². The summed E-state index contributed by atoms with van der Waals surface area (Å²) < 4.78 is 11.0. The maximum atomic E-state index is 13.0. The molecule has 6 nitrogen and oxygen atoms in total. The predicted octanol–water partition coefficient (Wildman–Crippen LogP) is 3.57. The van der Waals surface area contributed by atoms with Crippen molar-refractivity contribution in [2.45, 2.75) is 51.6 Å². The fourth-order valence-electron chi connectivity index (χ4n) is 4.18. The molecule has 0 spiro atoms. The van der Waals surface area contributed by atoms with E-state index in [2.05, 4.69) is 0 Å². The first-order chi connectivity index (χ1) is 12.9. The van der Waals surface area contributed by atoms with Crippen molar-refractivity contribution in [3.05, 3.63) is 35.1 Å². The fourth-order valence-corrected chi connectivity index (χ4v) is 4.18. The molecule has 1 aromatic rings. The van der Waals surface area contributed by atoms with Gasteiger partial charge in [-0.15, -0.1) is 0 Å². The van der Waals surface area contributed by atoms with Crippen molar-refractivity contribution in [3.8, 4) is 11.5 Å². The van der Waals surface area contributed by atoms with Gasteiger partial charge in [0.1, 0.15) is 0 Å². The van der Waals surface area contributed by atoms with Gasteiger partial charge in [-0.05, 0) is 18.9 Å². The van der Waals surface area contributed by atoms with Crippen LogP contribution < -0.4 is 9.47 Å². The molecule has 1 aliphatic heterocycles. The molecule has 6 heteroatoms. The summed E-state index contributed by atoms with van der Waals surface area (Å²) in [7, 11) is 3.08. The molecule has 0 radical (unpaired) electrons. The molecule has 0 aromatic heterocycles. The number of ketones is 1. The van der Waals surface area contributed by atoms with Crippen molar-refractivity contribution in [3.63, 3.8) is 0 Å². The zero-order chi connectivity index (χ0) is 19.7. The number of amides is 1. The van der Waals surface area contributed by atoms with Gasteiger partial charge >= 0.3 is 0 Å². The second-order valence-electron chi connectivity index (χ2n) is 7.42. The lowest BCUT2D eigenvalue weighted by molar-refractivity contribution is -0.131. The predicted molar refractivity (Wildman–Crippen MR) is 101 cm³/mol. The Bertz CT molecular complexity index is 777. The van der Waals surface area contributed by atoms with Gasteiger partial charge < -0.3 is 19.5 Å². The van der Waals surface area contributed by atoms with Crippen molar-refractivity contribution in [2.24, 2.45) is 5.92 Å². The van der Waals surface area contributed by atoms with Crippen LogP contribution in [0.3, 0.4) is 0 Å². The molecule has 1 fully saturated rings. The highest BCUT2D eigenvalue weighted by molar-refractivity contribution is 6.09. The molecule has 27 heavy (non-hydrogen) atoms. The van der Waals surface area contributed by atoms with E-state index in [1.54, 1.807) is 38.0 Å². The van der Waals surface area contributed by atoms with Gasteiger partial charge in [0.25, 0.3) is 5.91 Å². The van der Waals surface area contributed by atoms with Gasteiger partial charge in [-0.3, -0.25) is 9.59 Å². The molecule has 1 saturated carbocycles. The highest BCUT2D eigenvalue weighted by atomic mass is 16.5. The highest BCUT2D eigenvalue weighted by Gasteiger charge is 2.48. The average Bonchev–Trinajstić information content (AvgIpc) is 3.27. The smallest absolute Gasteiger partial charge is 0.290 e. The second-order valence-corrected chi connectivity index (χ2v) is 7.42. The SMILES string of the molecule is COc1cccc(C2C(C(=O)C(C)C)=C(O)C(=O)N2C2CCCC2)c1OC. The molecule has 1 unspecified atom stereocenters. The lowest BCUT2D eigenvalue weighted by Gasteiger charge is -2.33. The third-order valence-electron chi connectivity index (χ3n) is 5.48. The summed E-state index contributed by atoms with van der Waals surface area (Å²) in [5.41, 5.74) is 0.818. The van der Waals surface area contributed by atoms with E-state index in [0.717, 1.165) is 25.7 Å². The largest absolute Gasteiger partial charge is 0.503 e. The van der Waals surface area contributed by atoms with Crippen molar-refractivity contribution in [2.75, 3.05) is 14.2 Å². The number of hydrogen-bond donors (Lipinski definition) is 1. The van der Waals surface area contributed by atoms with E-state index in [1.807, 2.05) is 6.07 Å². The average molecular weight is 373 g/mol. The van der Waals surface area contributed by atoms with E-state index in [1.165, 1.54) is 7.11 Å². The number of nitrogens with zero attached hydrogens (tertiary/aromatic N) is 1. The van der Waals surface area contributed by atoms with E-state index in [0.29, 0.717) is 17.1 Å². The van der Waals surface area contributed by atoms with Crippen LogP contribution in [0.15, 0.2) is 29.5 Å². The maximum Gasteiger partial charge on any atom is 0.290 e. The number of benzene rings is 1. The number of Topliss-reactive ketones (excluding diaryl/α,β-unsaturated/α-hetero) is 1. The summed E-state index contributed by atoms with van der Waals surface area (Å²) in [4.78, 5) is 27.6. The van der Waals surface area contributed by atoms with Crippen molar-refractivity contribution in [1.29, 1.82) is 0 Å². The van der Waals surface area contributed by atoms with Crippen LogP contribution in [0.2, 0.25) is 0 Å². The number of hydrogen-bond acceptors (Lipinski definition) is 5. The van der Waals surface area contributed by atoms with Gasteiger partial charge in [-0.25, -0.2) is 0 Å². The minimum absolute atomic E-state index is 0.00183. The van der Waals surface area contributed by atoms with Crippen molar-refractivity contribution < 1.29 is 24.2 Å². The summed E-state index contributed by atoms with van der Waals surface area (Å²) in [5.74, 6) is -0.467. The van der Waals surface area contributed by atoms with E-state index in [4.69, 9.17) is 9.47 Å². The minimum Gasteiger partial charge on any atom is -0.503 e. The van der Waals surface area contributed by atoms with Crippen molar-refractivity contribution in [1.82, 2.24) is 4.90 Å². The molecular formula is C21H27NO5. The number of rotatable bonds is 6. The Labute approximate surface area is 159 Å². The lowest BCUT2D eigenvalue weighted by atomic mass is 9.90. The van der Waals surface area contributed by atoms with Crippen LogP contribution >= 0.6 is 0 Å². The Morgan fingerprint density at radius 1 is 1.19 bits per heavy atom. The van der Waals surface area contributed by atoms with Crippen LogP contribution in [0, 0.1) is 5.92 Å². The lowest BCUT2D eigenvalue weighted by Crippen LogP contribution is -2.39. The first-order valence-electron chi connectivity index (χ1n) is 9.43. The first-order valence-corrected chi connectivity index (χ1v) is 9.43. The van der Waals surface area contributed by atoms with Crippen LogP contribution in [0.5, 0.6) is 11.5 Å². The van der Waals surface area contributed by atoms with Crippen LogP contribution in [-0.2, 0) is 9.59 Å². The monoisotopic (exact) mass is 373 g/mol. The Kier molecular flexibility index (Phi) is 5.44. The van der Waals surface area contributed by atoms with Gasteiger partial charge in [-0.1, -0.05) is 38.8 Å². The molecule has 146 valence electrons. The number of methoxy groups -OCH3 is 2. The zero-order valence-electron chi connectivity index (χ0n) is 16.3. The third-order valence-corrected chi connectivity index (χ3v) is 5.48. The normalized spacial score (nSPS) is 20.7. The van der Waals surface area contributed by atoms with Crippen molar-refractivity contribution >= 4 is 11.7 Å². The topological polar surface area (TPSA) is 76.1 Å². The van der Waals surface area contributed by atoms with E-state index in [-0.39, 0.29) is 23.3 Å². The molecule has 1 amide bonds. The minimum atomic E-state index is -0.666. The molecule has 1 heterocycles. The number of ether oxygens (including phenoxy) is 2. The summed E-state index contributed by atoms with van der Waals surface area (Å²) in [6.45, 7) is 3.54. The van der Waals surface area contributed by atoms with E-state index in [9.17, 15) is 14.7 Å². The van der Waals surface area contributed by atoms with Crippen LogP contribution in [0.4, 0.5) is 0 Å². The number of carbonyl (C=O) groups is 2. The number of aliphatic hydroxyl groups is 1. The quantitative estimate of drug-likeness (QED) is 0.825. The Balaban J connectivity index is 2.19. The molecule has 1 atom stereocenters. The van der Waals surface area contributed by atoms with E-state index >= 15 is 0 Å². The third kappa shape index (κ3) is 3.17. The Morgan fingerprint density at radius 2 is 1.85 bits per heavy atom. The summed E-state index contributed by atoms with van der Waals surface area (Å²) in [5, 5.41) is 10.6. The van der Waals surface area contributed by atoms with Gasteiger partial charge in [0.15, 0.2) is 23.0 Å². The van der Waals surface area contributed by atoms with Gasteiger partial charge in [0.05, 0.1) is 25.8 Å². The summed E-state index contributed by atoms with van der Waals surface area (Å²) >= 11 is 0. The van der Waals surface area contributed by atoms with Crippen LogP contribution in [0.1, 0.15) is 51.1 Å². The maximum absolute atomic E-state index is 13.0. The first kappa shape index (κ1) is 19.3. The number of carbonyl (C=O) groups excluding carboxylic acids is 2. The van der Waals surface area contributed by atoms with Gasteiger partial charge in [-0.2, -0.15) is 0 Å². The molecular weight excluding hydrogens is 346 g/mol. The number of para-hydroxylation sites is 1.